The van der Waals surface area contributed by atoms with Crippen molar-refractivity contribution in [2.75, 3.05) is 0 Å². The van der Waals surface area contributed by atoms with Crippen LogP contribution >= 0.6 is 0 Å². The van der Waals surface area contributed by atoms with Crippen molar-refractivity contribution in [2.24, 2.45) is 0 Å². The molecule has 0 saturated heterocycles. The van der Waals surface area contributed by atoms with Gasteiger partial charge in [0.1, 0.15) is 11.2 Å². The second-order valence-corrected chi connectivity index (χ2v) is 9.30. The highest BCUT2D eigenvalue weighted by molar-refractivity contribution is 6.16. The van der Waals surface area contributed by atoms with Crippen LogP contribution in [0.25, 0.3) is 76.9 Å². The van der Waals surface area contributed by atoms with E-state index < -0.39 is 0 Å². The Hall–Kier alpha value is -5.09. The van der Waals surface area contributed by atoms with Crippen LogP contribution in [0, 0.1) is 0 Å². The topological polar surface area (TPSA) is 51.8 Å². The average Bonchev–Trinajstić information content (AvgIpc) is 3.35. The minimum Gasteiger partial charge on any atom is -0.456 e. The molecule has 8 rings (SSSR count). The Morgan fingerprint density at radius 1 is 0.568 bits per heavy atom. The fraction of sp³-hybridized carbons (Fsp3) is 0. The molecule has 0 fully saturated rings. The van der Waals surface area contributed by atoms with Gasteiger partial charge in [0.25, 0.3) is 0 Å². The molecule has 0 amide bonds. The Kier molecular flexibility index (Phi) is 4.19. The molecule has 37 heavy (non-hydrogen) atoms. The van der Waals surface area contributed by atoms with Crippen molar-refractivity contribution < 1.29 is 4.42 Å². The van der Waals surface area contributed by atoms with Gasteiger partial charge >= 0.3 is 0 Å². The highest BCUT2D eigenvalue weighted by Gasteiger charge is 2.16. The summed E-state index contributed by atoms with van der Waals surface area (Å²) in [5.41, 5.74) is 7.79. The zero-order chi connectivity index (χ0) is 24.3. The molecule has 8 aromatic rings. The second-order valence-electron chi connectivity index (χ2n) is 9.30. The molecule has 0 aliphatic carbocycles. The monoisotopic (exact) mass is 473 g/mol. The summed E-state index contributed by atoms with van der Waals surface area (Å²) < 4.78 is 6.30. The van der Waals surface area contributed by atoms with Crippen molar-refractivity contribution in [3.63, 3.8) is 0 Å². The molecule has 4 heteroatoms. The van der Waals surface area contributed by atoms with Gasteiger partial charge in [0.2, 0.25) is 0 Å². The molecule has 0 aliphatic heterocycles. The number of benzene rings is 4. The SMILES string of the molecule is c1cc(-c2cccc3oc4ccc(-c5ccc6ccc7cccnc7c6n5)cc4c23)c2cnccc2c1. The number of aromatic nitrogens is 3. The quantitative estimate of drug-likeness (QED) is 0.236. The third-order valence-electron chi connectivity index (χ3n) is 7.20. The summed E-state index contributed by atoms with van der Waals surface area (Å²) in [7, 11) is 0. The summed E-state index contributed by atoms with van der Waals surface area (Å²) in [6.45, 7) is 0. The van der Waals surface area contributed by atoms with E-state index in [1.165, 1.54) is 5.39 Å². The van der Waals surface area contributed by atoms with Gasteiger partial charge in [-0.25, -0.2) is 4.98 Å². The normalized spacial score (nSPS) is 11.8. The van der Waals surface area contributed by atoms with Crippen molar-refractivity contribution in [1.82, 2.24) is 15.0 Å². The van der Waals surface area contributed by atoms with Crippen LogP contribution in [0.1, 0.15) is 0 Å². The minimum atomic E-state index is 0.859. The molecule has 4 aromatic carbocycles. The molecule has 0 spiro atoms. The van der Waals surface area contributed by atoms with Crippen LogP contribution in [0.5, 0.6) is 0 Å². The lowest BCUT2D eigenvalue weighted by Gasteiger charge is -2.08. The van der Waals surface area contributed by atoms with Gasteiger partial charge in [0.05, 0.1) is 16.7 Å². The summed E-state index contributed by atoms with van der Waals surface area (Å²) >= 11 is 0. The summed E-state index contributed by atoms with van der Waals surface area (Å²) in [5.74, 6) is 0. The summed E-state index contributed by atoms with van der Waals surface area (Å²) in [6, 6.07) is 33.4. The Labute approximate surface area is 211 Å². The number of hydrogen-bond donors (Lipinski definition) is 0. The summed E-state index contributed by atoms with van der Waals surface area (Å²) in [6.07, 6.45) is 5.60. The first-order valence-electron chi connectivity index (χ1n) is 12.3. The van der Waals surface area contributed by atoms with Gasteiger partial charge in [-0.3, -0.25) is 9.97 Å². The lowest BCUT2D eigenvalue weighted by Crippen LogP contribution is -1.88. The Bertz CT molecular complexity index is 2150. The number of rotatable bonds is 2. The van der Waals surface area contributed by atoms with Crippen LogP contribution in [0.2, 0.25) is 0 Å². The molecule has 4 nitrogen and oxygen atoms in total. The first-order chi connectivity index (χ1) is 18.3. The molecule has 0 bridgehead atoms. The van der Waals surface area contributed by atoms with E-state index in [0.717, 1.165) is 71.5 Å². The van der Waals surface area contributed by atoms with Gasteiger partial charge in [-0.15, -0.1) is 0 Å². The predicted octanol–water partition coefficient (Wildman–Crippen LogP) is 8.56. The molecular formula is C33H19N3O. The van der Waals surface area contributed by atoms with Crippen molar-refractivity contribution in [1.29, 1.82) is 0 Å². The minimum absolute atomic E-state index is 0.859. The smallest absolute Gasteiger partial charge is 0.136 e. The lowest BCUT2D eigenvalue weighted by molar-refractivity contribution is 0.669. The van der Waals surface area contributed by atoms with E-state index in [1.807, 2.05) is 36.8 Å². The van der Waals surface area contributed by atoms with Crippen molar-refractivity contribution in [2.45, 2.75) is 0 Å². The molecule has 4 heterocycles. The van der Waals surface area contributed by atoms with E-state index >= 15 is 0 Å². The zero-order valence-corrected chi connectivity index (χ0v) is 19.7. The van der Waals surface area contributed by atoms with Crippen molar-refractivity contribution in [3.05, 3.63) is 116 Å². The number of nitrogens with zero attached hydrogens (tertiary/aromatic N) is 3. The lowest BCUT2D eigenvalue weighted by atomic mass is 9.95. The van der Waals surface area contributed by atoms with E-state index in [9.17, 15) is 0 Å². The highest BCUT2D eigenvalue weighted by atomic mass is 16.3. The first-order valence-corrected chi connectivity index (χ1v) is 12.3. The Balaban J connectivity index is 1.38. The Morgan fingerprint density at radius 3 is 2.38 bits per heavy atom. The van der Waals surface area contributed by atoms with E-state index in [1.54, 1.807) is 0 Å². The van der Waals surface area contributed by atoms with E-state index in [4.69, 9.17) is 9.40 Å². The van der Waals surface area contributed by atoms with Crippen LogP contribution in [0.4, 0.5) is 0 Å². The molecule has 172 valence electrons. The number of fused-ring (bicyclic) bond motifs is 7. The molecule has 0 saturated carbocycles. The molecule has 0 aliphatic rings. The molecule has 0 atom stereocenters. The van der Waals surface area contributed by atoms with Gasteiger partial charge in [-0.1, -0.05) is 54.6 Å². The number of furan rings is 1. The predicted molar refractivity (Wildman–Crippen MR) is 150 cm³/mol. The molecule has 4 aromatic heterocycles. The number of pyridine rings is 3. The van der Waals surface area contributed by atoms with Crippen LogP contribution in [0.15, 0.2) is 120 Å². The van der Waals surface area contributed by atoms with Gasteiger partial charge < -0.3 is 4.42 Å². The van der Waals surface area contributed by atoms with Gasteiger partial charge in [0.15, 0.2) is 0 Å². The van der Waals surface area contributed by atoms with Crippen LogP contribution in [-0.2, 0) is 0 Å². The molecule has 0 unspecified atom stereocenters. The van der Waals surface area contributed by atoms with Crippen LogP contribution < -0.4 is 0 Å². The zero-order valence-electron chi connectivity index (χ0n) is 19.7. The Morgan fingerprint density at radius 2 is 1.41 bits per heavy atom. The first kappa shape index (κ1) is 20.1. The third kappa shape index (κ3) is 3.06. The van der Waals surface area contributed by atoms with Crippen LogP contribution in [0.3, 0.4) is 0 Å². The molecular weight excluding hydrogens is 454 g/mol. The maximum absolute atomic E-state index is 6.30. The summed E-state index contributed by atoms with van der Waals surface area (Å²) in [5, 5.41) is 6.63. The maximum Gasteiger partial charge on any atom is 0.136 e. The van der Waals surface area contributed by atoms with E-state index in [2.05, 4.69) is 88.8 Å². The fourth-order valence-electron chi connectivity index (χ4n) is 5.44. The van der Waals surface area contributed by atoms with Gasteiger partial charge in [-0.05, 0) is 59.0 Å². The standard InChI is InChI=1S/C33H19N3O/c1-4-20-15-17-34-19-27(20)24(6-1)25-7-2-8-30-31(25)26-18-23(12-14-29(26)37-30)28-13-11-22-10-9-21-5-3-16-35-32(21)33(22)36-28/h1-19H. The maximum atomic E-state index is 6.30. The second kappa shape index (κ2) is 7.70. The van der Waals surface area contributed by atoms with Crippen molar-refractivity contribution >= 4 is 54.5 Å². The molecule has 0 radical (unpaired) electrons. The number of hydrogen-bond acceptors (Lipinski definition) is 4. The molecule has 0 N–H and O–H groups in total. The average molecular weight is 474 g/mol. The highest BCUT2D eigenvalue weighted by Crippen LogP contribution is 2.40. The van der Waals surface area contributed by atoms with Crippen molar-refractivity contribution in [3.8, 4) is 22.4 Å². The summed E-state index contributed by atoms with van der Waals surface area (Å²) in [4.78, 5) is 14.1. The van der Waals surface area contributed by atoms with Gasteiger partial charge in [-0.2, -0.15) is 0 Å². The fourth-order valence-corrected chi connectivity index (χ4v) is 5.44. The van der Waals surface area contributed by atoms with E-state index in [0.29, 0.717) is 0 Å². The largest absolute Gasteiger partial charge is 0.456 e. The van der Waals surface area contributed by atoms with Crippen LogP contribution in [-0.4, -0.2) is 15.0 Å². The third-order valence-corrected chi connectivity index (χ3v) is 7.20. The van der Waals surface area contributed by atoms with E-state index in [-0.39, 0.29) is 0 Å². The van der Waals surface area contributed by atoms with Gasteiger partial charge in [0, 0.05) is 51.1 Å².